The Kier molecular flexibility index (Phi) is 4.95. The van der Waals surface area contributed by atoms with E-state index in [1.54, 1.807) is 7.11 Å². The second-order valence-corrected chi connectivity index (χ2v) is 5.53. The van der Waals surface area contributed by atoms with Gasteiger partial charge in [-0.1, -0.05) is 17.7 Å². The Hall–Kier alpha value is -1.55. The molecule has 19 heavy (non-hydrogen) atoms. The molecule has 1 amide bonds. The first-order valence-corrected chi connectivity index (χ1v) is 6.47. The molecule has 0 saturated heterocycles. The largest absolute Gasteiger partial charge is 0.496 e. The van der Waals surface area contributed by atoms with Gasteiger partial charge in [-0.15, -0.1) is 0 Å². The molecule has 0 aliphatic heterocycles. The average molecular weight is 264 g/mol. The van der Waals surface area contributed by atoms with Crippen molar-refractivity contribution in [2.75, 3.05) is 13.7 Å². The van der Waals surface area contributed by atoms with Crippen LogP contribution in [0.3, 0.4) is 0 Å². The van der Waals surface area contributed by atoms with Crippen molar-refractivity contribution in [1.82, 2.24) is 5.32 Å². The summed E-state index contributed by atoms with van der Waals surface area (Å²) in [6, 6.07) is 5.81. The summed E-state index contributed by atoms with van der Waals surface area (Å²) in [4.78, 5) is 12.1. The van der Waals surface area contributed by atoms with Crippen molar-refractivity contribution in [2.45, 2.75) is 33.7 Å². The van der Waals surface area contributed by atoms with Gasteiger partial charge in [0.2, 0.25) is 5.91 Å². The van der Waals surface area contributed by atoms with Crippen LogP contribution in [0.1, 0.15) is 37.9 Å². The number of aryl methyl sites for hydroxylation is 1. The zero-order valence-corrected chi connectivity index (χ0v) is 12.4. The number of nitrogens with one attached hydrogen (secondary N) is 1. The third-order valence-electron chi connectivity index (χ3n) is 3.32. The zero-order valence-electron chi connectivity index (χ0n) is 12.4. The van der Waals surface area contributed by atoms with Gasteiger partial charge in [0.05, 0.1) is 18.6 Å². The second kappa shape index (κ2) is 6.06. The van der Waals surface area contributed by atoms with Gasteiger partial charge >= 0.3 is 0 Å². The smallest absolute Gasteiger partial charge is 0.227 e. The van der Waals surface area contributed by atoms with Crippen molar-refractivity contribution in [3.8, 4) is 5.75 Å². The Balaban J connectivity index is 2.92. The lowest BCUT2D eigenvalue weighted by Crippen LogP contribution is -2.42. The number of rotatable bonds is 5. The molecule has 1 aromatic rings. The molecule has 0 aromatic heterocycles. The summed E-state index contributed by atoms with van der Waals surface area (Å²) in [6.45, 7) is 7.95. The molecular formula is C15H24N2O2. The van der Waals surface area contributed by atoms with Crippen LogP contribution in [0.25, 0.3) is 0 Å². The lowest BCUT2D eigenvalue weighted by atomic mass is 9.92. The molecule has 0 spiro atoms. The highest BCUT2D eigenvalue weighted by Crippen LogP contribution is 2.27. The summed E-state index contributed by atoms with van der Waals surface area (Å²) in [6.07, 6.45) is 0. The molecule has 0 bridgehead atoms. The van der Waals surface area contributed by atoms with E-state index in [-0.39, 0.29) is 11.9 Å². The quantitative estimate of drug-likeness (QED) is 0.856. The number of hydrogen-bond acceptors (Lipinski definition) is 3. The molecule has 0 aliphatic rings. The first kappa shape index (κ1) is 15.5. The van der Waals surface area contributed by atoms with Crippen LogP contribution in [0.15, 0.2) is 18.2 Å². The van der Waals surface area contributed by atoms with E-state index in [2.05, 4.69) is 5.32 Å². The maximum atomic E-state index is 12.1. The summed E-state index contributed by atoms with van der Waals surface area (Å²) in [5.41, 5.74) is 7.16. The minimum atomic E-state index is -0.564. The first-order valence-electron chi connectivity index (χ1n) is 6.47. The lowest BCUT2D eigenvalue weighted by Gasteiger charge is -2.25. The molecule has 1 rings (SSSR count). The van der Waals surface area contributed by atoms with E-state index in [9.17, 15) is 4.79 Å². The summed E-state index contributed by atoms with van der Waals surface area (Å²) < 4.78 is 5.34. The van der Waals surface area contributed by atoms with Gasteiger partial charge in [0.15, 0.2) is 0 Å². The molecular weight excluding hydrogens is 240 g/mol. The molecule has 106 valence electrons. The van der Waals surface area contributed by atoms with Crippen LogP contribution in [0.2, 0.25) is 0 Å². The van der Waals surface area contributed by atoms with Crippen LogP contribution < -0.4 is 15.8 Å². The number of nitrogens with two attached hydrogens (primary N) is 1. The van der Waals surface area contributed by atoms with Gasteiger partial charge in [0.25, 0.3) is 0 Å². The third kappa shape index (κ3) is 3.70. The van der Waals surface area contributed by atoms with E-state index in [0.717, 1.165) is 16.9 Å². The average Bonchev–Trinajstić information content (AvgIpc) is 2.38. The molecule has 4 nitrogen and oxygen atoms in total. The molecule has 0 radical (unpaired) electrons. The molecule has 3 N–H and O–H groups in total. The summed E-state index contributed by atoms with van der Waals surface area (Å²) >= 11 is 0. The van der Waals surface area contributed by atoms with Crippen LogP contribution in [-0.4, -0.2) is 19.6 Å². The van der Waals surface area contributed by atoms with E-state index < -0.39 is 5.41 Å². The lowest BCUT2D eigenvalue weighted by molar-refractivity contribution is -0.129. The van der Waals surface area contributed by atoms with Gasteiger partial charge in [-0.05, 0) is 33.8 Å². The number of benzene rings is 1. The number of ether oxygens (including phenoxy) is 1. The molecule has 1 aromatic carbocycles. The van der Waals surface area contributed by atoms with Crippen molar-refractivity contribution >= 4 is 5.91 Å². The zero-order chi connectivity index (χ0) is 14.6. The topological polar surface area (TPSA) is 64.3 Å². The van der Waals surface area contributed by atoms with E-state index in [1.165, 1.54) is 0 Å². The molecule has 0 saturated carbocycles. The van der Waals surface area contributed by atoms with Gasteiger partial charge in [-0.2, -0.15) is 0 Å². The van der Waals surface area contributed by atoms with Crippen molar-refractivity contribution < 1.29 is 9.53 Å². The minimum absolute atomic E-state index is 0.0499. The van der Waals surface area contributed by atoms with Crippen molar-refractivity contribution in [3.63, 3.8) is 0 Å². The van der Waals surface area contributed by atoms with E-state index in [4.69, 9.17) is 10.5 Å². The number of amides is 1. The third-order valence-corrected chi connectivity index (χ3v) is 3.32. The summed E-state index contributed by atoms with van der Waals surface area (Å²) in [7, 11) is 1.63. The highest BCUT2D eigenvalue weighted by molar-refractivity contribution is 5.82. The van der Waals surface area contributed by atoms with E-state index >= 15 is 0 Å². The molecule has 1 atom stereocenters. The number of hydrogen-bond donors (Lipinski definition) is 2. The molecule has 0 heterocycles. The second-order valence-electron chi connectivity index (χ2n) is 5.53. The van der Waals surface area contributed by atoms with Crippen molar-refractivity contribution in [1.29, 1.82) is 0 Å². The standard InChI is InChI=1S/C15H24N2O2/c1-10-6-7-13(19-5)12(8-10)11(2)17-14(18)15(3,4)9-16/h6-8,11H,9,16H2,1-5H3,(H,17,18). The molecule has 0 aliphatic carbocycles. The van der Waals surface area contributed by atoms with Gasteiger partial charge < -0.3 is 15.8 Å². The van der Waals surface area contributed by atoms with Gasteiger partial charge in [-0.25, -0.2) is 0 Å². The fraction of sp³-hybridized carbons (Fsp3) is 0.533. The van der Waals surface area contributed by atoms with Gasteiger partial charge in [0, 0.05) is 12.1 Å². The van der Waals surface area contributed by atoms with Crippen molar-refractivity contribution in [3.05, 3.63) is 29.3 Å². The van der Waals surface area contributed by atoms with E-state index in [1.807, 2.05) is 45.9 Å². The SMILES string of the molecule is COc1ccc(C)cc1C(C)NC(=O)C(C)(C)CN. The first-order chi connectivity index (χ1) is 8.81. The normalized spacial score (nSPS) is 12.9. The predicted molar refractivity (Wildman–Crippen MR) is 77.1 cm³/mol. The predicted octanol–water partition coefficient (Wildman–Crippen LogP) is 2.17. The Morgan fingerprint density at radius 2 is 2.11 bits per heavy atom. The van der Waals surface area contributed by atoms with Gasteiger partial charge in [-0.3, -0.25) is 4.79 Å². The molecule has 4 heteroatoms. The van der Waals surface area contributed by atoms with Crippen LogP contribution in [0, 0.1) is 12.3 Å². The maximum Gasteiger partial charge on any atom is 0.227 e. The Labute approximate surface area is 115 Å². The number of carbonyl (C=O) groups excluding carboxylic acids is 1. The Morgan fingerprint density at radius 3 is 2.63 bits per heavy atom. The number of methoxy groups -OCH3 is 1. The van der Waals surface area contributed by atoms with Crippen LogP contribution in [0.5, 0.6) is 5.75 Å². The monoisotopic (exact) mass is 264 g/mol. The summed E-state index contributed by atoms with van der Waals surface area (Å²) in [5.74, 6) is 0.731. The molecule has 0 fully saturated rings. The van der Waals surface area contributed by atoms with Crippen molar-refractivity contribution in [2.24, 2.45) is 11.1 Å². The highest BCUT2D eigenvalue weighted by Gasteiger charge is 2.27. The van der Waals surface area contributed by atoms with Crippen LogP contribution >= 0.6 is 0 Å². The number of carbonyl (C=O) groups is 1. The molecule has 1 unspecified atom stereocenters. The maximum absolute atomic E-state index is 12.1. The van der Waals surface area contributed by atoms with Gasteiger partial charge in [0.1, 0.15) is 5.75 Å². The fourth-order valence-corrected chi connectivity index (χ4v) is 1.75. The highest BCUT2D eigenvalue weighted by atomic mass is 16.5. The van der Waals surface area contributed by atoms with Crippen LogP contribution in [-0.2, 0) is 4.79 Å². The minimum Gasteiger partial charge on any atom is -0.496 e. The Morgan fingerprint density at radius 1 is 1.47 bits per heavy atom. The summed E-state index contributed by atoms with van der Waals surface area (Å²) in [5, 5.41) is 2.99. The van der Waals surface area contributed by atoms with Crippen LogP contribution in [0.4, 0.5) is 0 Å². The Bertz CT molecular complexity index is 455. The fourth-order valence-electron chi connectivity index (χ4n) is 1.75. The van der Waals surface area contributed by atoms with E-state index in [0.29, 0.717) is 6.54 Å².